The normalized spacial score (nSPS) is 21.6. The first kappa shape index (κ1) is 16.3. The van der Waals surface area contributed by atoms with Crippen LogP contribution in [0.1, 0.15) is 26.7 Å². The summed E-state index contributed by atoms with van der Waals surface area (Å²) in [4.78, 5) is 38.0. The Balaban J connectivity index is 2.75. The van der Waals surface area contributed by atoms with E-state index >= 15 is 0 Å². The van der Waals surface area contributed by atoms with E-state index in [0.29, 0.717) is 19.5 Å². The van der Waals surface area contributed by atoms with E-state index in [2.05, 4.69) is 5.32 Å². The largest absolute Gasteiger partial charge is 0.481 e. The highest BCUT2D eigenvalue weighted by atomic mass is 16.4. The molecule has 20 heavy (non-hydrogen) atoms. The second-order valence-electron chi connectivity index (χ2n) is 5.04. The molecule has 1 aliphatic heterocycles. The van der Waals surface area contributed by atoms with Crippen molar-refractivity contribution in [3.63, 3.8) is 0 Å². The molecule has 1 aliphatic rings. The Morgan fingerprint density at radius 3 is 2.50 bits per heavy atom. The van der Waals surface area contributed by atoms with E-state index in [9.17, 15) is 14.4 Å². The minimum Gasteiger partial charge on any atom is -0.481 e. The number of amides is 3. The highest BCUT2D eigenvalue weighted by Crippen LogP contribution is 2.25. The number of likely N-dealkylation sites (N-methyl/N-ethyl adjacent to an activating group) is 1. The van der Waals surface area contributed by atoms with Crippen LogP contribution in [0.4, 0.5) is 4.79 Å². The molecule has 7 nitrogen and oxygen atoms in total. The van der Waals surface area contributed by atoms with Gasteiger partial charge in [0.25, 0.3) is 0 Å². The van der Waals surface area contributed by atoms with Crippen molar-refractivity contribution in [1.82, 2.24) is 15.1 Å². The fourth-order valence-electron chi connectivity index (χ4n) is 2.49. The molecule has 1 heterocycles. The summed E-state index contributed by atoms with van der Waals surface area (Å²) < 4.78 is 0. The molecular weight excluding hydrogens is 262 g/mol. The van der Waals surface area contributed by atoms with Crippen LogP contribution >= 0.6 is 0 Å². The molecule has 0 aromatic carbocycles. The number of aliphatic carboxylic acids is 1. The molecule has 2 atom stereocenters. The molecule has 0 aromatic rings. The molecule has 1 saturated heterocycles. The smallest absolute Gasteiger partial charge is 0.320 e. The first-order valence-electron chi connectivity index (χ1n) is 6.91. The number of carbonyl (C=O) groups excluding carboxylic acids is 2. The summed E-state index contributed by atoms with van der Waals surface area (Å²) >= 11 is 0. The van der Waals surface area contributed by atoms with Gasteiger partial charge in [-0.1, -0.05) is 6.92 Å². The molecule has 3 amide bonds. The van der Waals surface area contributed by atoms with E-state index in [1.165, 1.54) is 11.9 Å². The summed E-state index contributed by atoms with van der Waals surface area (Å²) in [5.74, 6) is -1.63. The van der Waals surface area contributed by atoms with Gasteiger partial charge in [-0.3, -0.25) is 9.59 Å². The van der Waals surface area contributed by atoms with E-state index < -0.39 is 11.9 Å². The van der Waals surface area contributed by atoms with Gasteiger partial charge in [-0.05, 0) is 19.8 Å². The third-order valence-corrected chi connectivity index (χ3v) is 3.70. The third kappa shape index (κ3) is 3.61. The molecule has 7 heteroatoms. The Kier molecular flexibility index (Phi) is 5.79. The molecule has 0 aromatic heterocycles. The lowest BCUT2D eigenvalue weighted by atomic mass is 10.0. The molecule has 1 fully saturated rings. The van der Waals surface area contributed by atoms with Crippen LogP contribution in [-0.2, 0) is 9.59 Å². The molecule has 0 bridgehead atoms. The van der Waals surface area contributed by atoms with Crippen LogP contribution in [0, 0.1) is 5.92 Å². The number of hydrogen-bond acceptors (Lipinski definition) is 3. The SMILES string of the molecule is CCCN(CC(=O)NC)C(=O)N1CCC(C(=O)O)C1C. The van der Waals surface area contributed by atoms with Crippen LogP contribution in [-0.4, -0.2) is 65.5 Å². The maximum Gasteiger partial charge on any atom is 0.320 e. The minimum atomic E-state index is -0.874. The number of nitrogens with zero attached hydrogens (tertiary/aromatic N) is 2. The van der Waals surface area contributed by atoms with E-state index in [1.807, 2.05) is 6.92 Å². The minimum absolute atomic E-state index is 0.00410. The Hall–Kier alpha value is -1.79. The Morgan fingerprint density at radius 1 is 1.40 bits per heavy atom. The molecule has 114 valence electrons. The van der Waals surface area contributed by atoms with Crippen LogP contribution < -0.4 is 5.32 Å². The monoisotopic (exact) mass is 285 g/mol. The lowest BCUT2D eigenvalue weighted by molar-refractivity contribution is -0.142. The Bertz CT molecular complexity index is 386. The number of urea groups is 1. The van der Waals surface area contributed by atoms with Gasteiger partial charge in [-0.15, -0.1) is 0 Å². The van der Waals surface area contributed by atoms with Gasteiger partial charge < -0.3 is 20.2 Å². The zero-order valence-corrected chi connectivity index (χ0v) is 12.3. The number of likely N-dealkylation sites (tertiary alicyclic amines) is 1. The van der Waals surface area contributed by atoms with Crippen molar-refractivity contribution in [2.75, 3.05) is 26.7 Å². The van der Waals surface area contributed by atoms with Crippen LogP contribution in [0.15, 0.2) is 0 Å². The number of carboxylic acids is 1. The van der Waals surface area contributed by atoms with Gasteiger partial charge in [-0.2, -0.15) is 0 Å². The first-order valence-corrected chi connectivity index (χ1v) is 6.91. The fourth-order valence-corrected chi connectivity index (χ4v) is 2.49. The van der Waals surface area contributed by atoms with Gasteiger partial charge in [0, 0.05) is 26.2 Å². The van der Waals surface area contributed by atoms with Gasteiger partial charge in [0.1, 0.15) is 6.54 Å². The van der Waals surface area contributed by atoms with Crippen molar-refractivity contribution in [3.8, 4) is 0 Å². The molecule has 1 rings (SSSR count). The van der Waals surface area contributed by atoms with Gasteiger partial charge in [0.2, 0.25) is 5.91 Å². The predicted molar refractivity (Wildman–Crippen MR) is 73.2 cm³/mol. The Labute approximate surface area is 118 Å². The first-order chi connectivity index (χ1) is 9.42. The summed E-state index contributed by atoms with van der Waals surface area (Å²) in [6.45, 7) is 4.58. The summed E-state index contributed by atoms with van der Waals surface area (Å²) in [7, 11) is 1.52. The molecule has 0 radical (unpaired) electrons. The average molecular weight is 285 g/mol. The summed E-state index contributed by atoms with van der Waals surface area (Å²) in [6.07, 6.45) is 1.20. The molecule has 0 spiro atoms. The van der Waals surface area contributed by atoms with Gasteiger partial charge in [0.05, 0.1) is 5.92 Å². The van der Waals surface area contributed by atoms with Crippen molar-refractivity contribution in [3.05, 3.63) is 0 Å². The van der Waals surface area contributed by atoms with Crippen molar-refractivity contribution < 1.29 is 19.5 Å². The van der Waals surface area contributed by atoms with E-state index in [-0.39, 0.29) is 24.5 Å². The standard InChI is InChI=1S/C13H23N3O4/c1-4-6-15(8-11(17)14-3)13(20)16-7-5-10(9(16)2)12(18)19/h9-10H,4-8H2,1-3H3,(H,14,17)(H,18,19). The average Bonchev–Trinajstić information content (AvgIpc) is 2.79. The van der Waals surface area contributed by atoms with Crippen molar-refractivity contribution in [2.24, 2.45) is 5.92 Å². The van der Waals surface area contributed by atoms with Crippen molar-refractivity contribution in [2.45, 2.75) is 32.7 Å². The van der Waals surface area contributed by atoms with Crippen molar-refractivity contribution in [1.29, 1.82) is 0 Å². The highest BCUT2D eigenvalue weighted by molar-refractivity contribution is 5.84. The zero-order valence-electron chi connectivity index (χ0n) is 12.3. The number of carbonyl (C=O) groups is 3. The maximum atomic E-state index is 12.4. The number of hydrogen-bond donors (Lipinski definition) is 2. The summed E-state index contributed by atoms with van der Waals surface area (Å²) in [6, 6.07) is -0.601. The summed E-state index contributed by atoms with van der Waals surface area (Å²) in [5.41, 5.74) is 0. The van der Waals surface area contributed by atoms with Gasteiger partial charge in [-0.25, -0.2) is 4.79 Å². The topological polar surface area (TPSA) is 90.0 Å². The molecule has 2 N–H and O–H groups in total. The predicted octanol–water partition coefficient (Wildman–Crippen LogP) is 0.359. The van der Waals surface area contributed by atoms with Crippen LogP contribution in [0.3, 0.4) is 0 Å². The molecule has 2 unspecified atom stereocenters. The molecule has 0 aliphatic carbocycles. The highest BCUT2D eigenvalue weighted by Gasteiger charge is 2.39. The van der Waals surface area contributed by atoms with E-state index in [4.69, 9.17) is 5.11 Å². The van der Waals surface area contributed by atoms with Crippen molar-refractivity contribution >= 4 is 17.9 Å². The maximum absolute atomic E-state index is 12.4. The number of rotatable bonds is 5. The quantitative estimate of drug-likeness (QED) is 0.763. The second-order valence-corrected chi connectivity index (χ2v) is 5.04. The van der Waals surface area contributed by atoms with E-state index in [1.54, 1.807) is 11.8 Å². The van der Waals surface area contributed by atoms with Crippen LogP contribution in [0.5, 0.6) is 0 Å². The molecule has 0 saturated carbocycles. The van der Waals surface area contributed by atoms with Crippen LogP contribution in [0.2, 0.25) is 0 Å². The summed E-state index contributed by atoms with van der Waals surface area (Å²) in [5, 5.41) is 11.6. The van der Waals surface area contributed by atoms with E-state index in [0.717, 1.165) is 6.42 Å². The Morgan fingerprint density at radius 2 is 2.05 bits per heavy atom. The molecular formula is C13H23N3O4. The van der Waals surface area contributed by atoms with Crippen LogP contribution in [0.25, 0.3) is 0 Å². The van der Waals surface area contributed by atoms with Gasteiger partial charge >= 0.3 is 12.0 Å². The number of carboxylic acid groups (broad SMARTS) is 1. The zero-order chi connectivity index (χ0) is 15.3. The third-order valence-electron chi connectivity index (χ3n) is 3.70. The fraction of sp³-hybridized carbons (Fsp3) is 0.769. The lowest BCUT2D eigenvalue weighted by Crippen LogP contribution is -2.49. The second kappa shape index (κ2) is 7.12. The van der Waals surface area contributed by atoms with Gasteiger partial charge in [0.15, 0.2) is 0 Å². The lowest BCUT2D eigenvalue weighted by Gasteiger charge is -2.30. The number of nitrogens with one attached hydrogen (secondary N) is 1.